The van der Waals surface area contributed by atoms with Crippen LogP contribution in [0.1, 0.15) is 20.3 Å². The van der Waals surface area contributed by atoms with Gasteiger partial charge in [-0.15, -0.1) is 0 Å². The number of carbonyl (C=O) groups excluding carboxylic acids is 1. The molecule has 4 heteroatoms. The maximum Gasteiger partial charge on any atom is 0.228 e. The second-order valence-electron chi connectivity index (χ2n) is 5.86. The lowest BCUT2D eigenvalue weighted by Crippen LogP contribution is -2.20. The fraction of sp³-hybridized carbons (Fsp3) is 0.200. The minimum atomic E-state index is -0.0537. The Morgan fingerprint density at radius 3 is 2.62 bits per heavy atom. The Hall–Kier alpha value is -2.39. The van der Waals surface area contributed by atoms with E-state index in [0.29, 0.717) is 10.8 Å². The Kier molecular flexibility index (Phi) is 4.81. The van der Waals surface area contributed by atoms with E-state index in [1.807, 2.05) is 68.4 Å². The third-order valence-electron chi connectivity index (χ3n) is 4.18. The molecule has 1 amide bonds. The number of aromatic nitrogens is 1. The van der Waals surface area contributed by atoms with Crippen LogP contribution in [0.3, 0.4) is 0 Å². The van der Waals surface area contributed by atoms with Crippen LogP contribution < -0.4 is 5.32 Å². The van der Waals surface area contributed by atoms with Crippen LogP contribution in [-0.2, 0) is 4.79 Å². The summed E-state index contributed by atoms with van der Waals surface area (Å²) in [6.45, 7) is 3.90. The number of carbonyl (C=O) groups is 1. The van der Waals surface area contributed by atoms with Gasteiger partial charge in [-0.1, -0.05) is 67.9 Å². The molecule has 1 aromatic heterocycles. The van der Waals surface area contributed by atoms with E-state index in [1.54, 1.807) is 0 Å². The number of rotatable bonds is 4. The molecule has 24 heavy (non-hydrogen) atoms. The molecule has 0 saturated heterocycles. The molecule has 1 unspecified atom stereocenters. The average Bonchev–Trinajstić information content (AvgIpc) is 2.60. The second-order valence-corrected chi connectivity index (χ2v) is 6.26. The first-order chi connectivity index (χ1) is 11.6. The van der Waals surface area contributed by atoms with Gasteiger partial charge in [0.2, 0.25) is 5.91 Å². The van der Waals surface area contributed by atoms with E-state index in [0.717, 1.165) is 28.5 Å². The van der Waals surface area contributed by atoms with Gasteiger partial charge in [0, 0.05) is 21.9 Å². The Labute approximate surface area is 146 Å². The van der Waals surface area contributed by atoms with Gasteiger partial charge in [-0.2, -0.15) is 0 Å². The lowest BCUT2D eigenvalue weighted by Gasteiger charge is -2.13. The molecule has 0 saturated carbocycles. The van der Waals surface area contributed by atoms with Crippen molar-refractivity contribution >= 4 is 34.1 Å². The van der Waals surface area contributed by atoms with Crippen LogP contribution in [0.2, 0.25) is 5.02 Å². The molecule has 0 bridgehead atoms. The molecular formula is C20H19ClN2O. The van der Waals surface area contributed by atoms with Gasteiger partial charge in [-0.3, -0.25) is 4.79 Å². The van der Waals surface area contributed by atoms with Crippen molar-refractivity contribution in [2.45, 2.75) is 20.3 Å². The minimum absolute atomic E-state index is 0.0228. The third-order valence-corrected chi connectivity index (χ3v) is 4.51. The van der Waals surface area contributed by atoms with E-state index in [4.69, 9.17) is 11.6 Å². The van der Waals surface area contributed by atoms with Crippen LogP contribution >= 0.6 is 11.6 Å². The summed E-state index contributed by atoms with van der Waals surface area (Å²) in [6, 6.07) is 17.5. The van der Waals surface area contributed by atoms with Crippen LogP contribution in [-0.4, -0.2) is 10.9 Å². The molecule has 2 aromatic carbocycles. The van der Waals surface area contributed by atoms with Gasteiger partial charge in [-0.25, -0.2) is 4.98 Å². The van der Waals surface area contributed by atoms with Crippen molar-refractivity contribution in [3.63, 3.8) is 0 Å². The first kappa shape index (κ1) is 16.5. The summed E-state index contributed by atoms with van der Waals surface area (Å²) in [5, 5.41) is 5.58. The Morgan fingerprint density at radius 2 is 1.88 bits per heavy atom. The van der Waals surface area contributed by atoms with Gasteiger partial charge >= 0.3 is 0 Å². The predicted octanol–water partition coefficient (Wildman–Crippen LogP) is 5.54. The number of pyridine rings is 1. The summed E-state index contributed by atoms with van der Waals surface area (Å²) in [7, 11) is 0. The smallest absolute Gasteiger partial charge is 0.228 e. The van der Waals surface area contributed by atoms with Gasteiger partial charge in [0.1, 0.15) is 5.82 Å². The fourth-order valence-electron chi connectivity index (χ4n) is 2.56. The van der Waals surface area contributed by atoms with Crippen molar-refractivity contribution in [2.75, 3.05) is 5.32 Å². The first-order valence-corrected chi connectivity index (χ1v) is 8.43. The maximum absolute atomic E-state index is 12.2. The van der Waals surface area contributed by atoms with Crippen molar-refractivity contribution in [1.29, 1.82) is 0 Å². The highest BCUT2D eigenvalue weighted by atomic mass is 35.5. The number of nitrogens with one attached hydrogen (secondary N) is 1. The van der Waals surface area contributed by atoms with Gasteiger partial charge < -0.3 is 5.32 Å². The molecule has 0 fully saturated rings. The van der Waals surface area contributed by atoms with Crippen LogP contribution in [0.5, 0.6) is 0 Å². The number of hydrogen-bond acceptors (Lipinski definition) is 2. The molecule has 0 aliphatic rings. The highest BCUT2D eigenvalue weighted by Gasteiger charge is 2.15. The molecule has 122 valence electrons. The van der Waals surface area contributed by atoms with Crippen LogP contribution in [0.15, 0.2) is 54.6 Å². The molecule has 3 nitrogen and oxygen atoms in total. The van der Waals surface area contributed by atoms with Gasteiger partial charge in [0.15, 0.2) is 0 Å². The molecule has 1 N–H and O–H groups in total. The molecule has 3 aromatic rings. The normalized spacial score (nSPS) is 12.1. The Bertz CT molecular complexity index is 892. The number of nitrogens with zero attached hydrogens (tertiary/aromatic N) is 1. The van der Waals surface area contributed by atoms with Crippen molar-refractivity contribution in [3.05, 3.63) is 59.6 Å². The number of hydrogen-bond donors (Lipinski definition) is 1. The molecule has 0 aliphatic heterocycles. The summed E-state index contributed by atoms with van der Waals surface area (Å²) >= 11 is 6.36. The van der Waals surface area contributed by atoms with Gasteiger partial charge in [0.25, 0.3) is 0 Å². The van der Waals surface area contributed by atoms with E-state index in [1.165, 1.54) is 0 Å². The number of halogens is 1. The molecular weight excluding hydrogens is 320 g/mol. The Morgan fingerprint density at radius 1 is 1.17 bits per heavy atom. The zero-order chi connectivity index (χ0) is 17.1. The fourth-order valence-corrected chi connectivity index (χ4v) is 2.78. The van der Waals surface area contributed by atoms with Crippen molar-refractivity contribution in [1.82, 2.24) is 4.98 Å². The van der Waals surface area contributed by atoms with Crippen molar-refractivity contribution < 1.29 is 4.79 Å². The largest absolute Gasteiger partial charge is 0.310 e. The summed E-state index contributed by atoms with van der Waals surface area (Å²) in [5.41, 5.74) is 1.63. The van der Waals surface area contributed by atoms with E-state index in [2.05, 4.69) is 10.3 Å². The minimum Gasteiger partial charge on any atom is -0.310 e. The zero-order valence-corrected chi connectivity index (χ0v) is 14.5. The maximum atomic E-state index is 12.2. The topological polar surface area (TPSA) is 42.0 Å². The van der Waals surface area contributed by atoms with E-state index < -0.39 is 0 Å². The summed E-state index contributed by atoms with van der Waals surface area (Å²) in [5.74, 6) is 0.473. The van der Waals surface area contributed by atoms with E-state index in [-0.39, 0.29) is 11.8 Å². The lowest BCUT2D eigenvalue weighted by atomic mass is 10.0. The van der Waals surface area contributed by atoms with Crippen molar-refractivity contribution in [2.24, 2.45) is 5.92 Å². The quantitative estimate of drug-likeness (QED) is 0.678. The number of anilines is 1. The SMILES string of the molecule is CCC(C)C(=O)Nc1cc2ccccc2c(-c2ccccc2Cl)n1. The molecule has 1 heterocycles. The van der Waals surface area contributed by atoms with Gasteiger partial charge in [0.05, 0.1) is 5.69 Å². The van der Waals surface area contributed by atoms with Crippen LogP contribution in [0.4, 0.5) is 5.82 Å². The van der Waals surface area contributed by atoms with E-state index in [9.17, 15) is 4.79 Å². The van der Waals surface area contributed by atoms with Crippen LogP contribution in [0, 0.1) is 5.92 Å². The number of fused-ring (bicyclic) bond motifs is 1. The molecule has 0 aliphatic carbocycles. The standard InChI is InChI=1S/C20H19ClN2O/c1-3-13(2)20(24)23-18-12-14-8-4-5-9-15(14)19(22-18)16-10-6-7-11-17(16)21/h4-13H,3H2,1-2H3,(H,22,23,24). The summed E-state index contributed by atoms with van der Waals surface area (Å²) in [6.07, 6.45) is 0.788. The highest BCUT2D eigenvalue weighted by molar-refractivity contribution is 6.33. The molecule has 3 rings (SSSR count). The number of amides is 1. The van der Waals surface area contributed by atoms with Crippen molar-refractivity contribution in [3.8, 4) is 11.3 Å². The van der Waals surface area contributed by atoms with Gasteiger partial charge in [-0.05, 0) is 23.9 Å². The highest BCUT2D eigenvalue weighted by Crippen LogP contribution is 2.33. The molecule has 0 radical (unpaired) electrons. The molecule has 1 atom stereocenters. The average molecular weight is 339 g/mol. The lowest BCUT2D eigenvalue weighted by molar-refractivity contribution is -0.119. The third kappa shape index (κ3) is 3.26. The van der Waals surface area contributed by atoms with Crippen LogP contribution in [0.25, 0.3) is 22.0 Å². The zero-order valence-electron chi connectivity index (χ0n) is 13.7. The molecule has 0 spiro atoms. The summed E-state index contributed by atoms with van der Waals surface area (Å²) in [4.78, 5) is 16.9. The monoisotopic (exact) mass is 338 g/mol. The summed E-state index contributed by atoms with van der Waals surface area (Å²) < 4.78 is 0. The second kappa shape index (κ2) is 7.02. The van der Waals surface area contributed by atoms with E-state index >= 15 is 0 Å². The Balaban J connectivity index is 2.14. The predicted molar refractivity (Wildman–Crippen MR) is 100 cm³/mol. The number of benzene rings is 2. The first-order valence-electron chi connectivity index (χ1n) is 8.05.